The third kappa shape index (κ3) is 3.64. The highest BCUT2D eigenvalue weighted by atomic mass is 32.2. The molecule has 3 aliphatic rings. The van der Waals surface area contributed by atoms with Gasteiger partial charge in [-0.05, 0) is 62.8 Å². The van der Waals surface area contributed by atoms with Crippen LogP contribution >= 0.6 is 0 Å². The molecule has 0 amide bonds. The van der Waals surface area contributed by atoms with Gasteiger partial charge in [0, 0.05) is 30.9 Å². The van der Waals surface area contributed by atoms with E-state index in [1.165, 1.54) is 25.7 Å². The fraction of sp³-hybridized carbons (Fsp3) is 0.700. The van der Waals surface area contributed by atoms with Crippen LogP contribution in [0.1, 0.15) is 45.4 Å². The molecule has 1 aromatic carbocycles. The highest BCUT2D eigenvalue weighted by Crippen LogP contribution is 2.43. The van der Waals surface area contributed by atoms with Crippen molar-refractivity contribution in [3.8, 4) is 0 Å². The Bertz CT molecular complexity index is 720. The van der Waals surface area contributed by atoms with Gasteiger partial charge in [-0.25, -0.2) is 8.42 Å². The van der Waals surface area contributed by atoms with Gasteiger partial charge < -0.3 is 15.0 Å². The lowest BCUT2D eigenvalue weighted by Crippen LogP contribution is -2.47. The van der Waals surface area contributed by atoms with Crippen LogP contribution in [0.4, 0.5) is 5.69 Å². The molecule has 0 bridgehead atoms. The molecule has 3 fully saturated rings. The van der Waals surface area contributed by atoms with Gasteiger partial charge in [-0.15, -0.1) is 0 Å². The molecule has 2 saturated heterocycles. The van der Waals surface area contributed by atoms with Gasteiger partial charge in [0.05, 0.1) is 22.9 Å². The second-order valence-electron chi connectivity index (χ2n) is 8.07. The molecule has 26 heavy (non-hydrogen) atoms. The first-order valence-electron chi connectivity index (χ1n) is 9.97. The lowest BCUT2D eigenvalue weighted by atomic mass is 9.77. The predicted octanol–water partition coefficient (Wildman–Crippen LogP) is 2.75. The Morgan fingerprint density at radius 1 is 1.15 bits per heavy atom. The molecule has 1 N–H and O–H groups in total. The largest absolute Gasteiger partial charge is 0.373 e. The zero-order chi connectivity index (χ0) is 18.2. The van der Waals surface area contributed by atoms with Crippen LogP contribution in [0.15, 0.2) is 29.2 Å². The fourth-order valence-electron chi connectivity index (χ4n) is 4.54. The number of piperidine rings is 1. The van der Waals surface area contributed by atoms with Gasteiger partial charge in [0.15, 0.2) is 9.84 Å². The molecule has 1 atom stereocenters. The third-order valence-electron chi connectivity index (χ3n) is 6.38. The standard InChI is InChI=1S/C20H30N2O3S/c1-2-26(23,24)19-6-4-18(5-7-19)22-12-8-16(9-13-22)21-17-14-20(25-15-17)10-3-11-20/h4-7,16-17,21H,2-3,8-15H2,1H3. The summed E-state index contributed by atoms with van der Waals surface area (Å²) in [5.74, 6) is 0.148. The maximum Gasteiger partial charge on any atom is 0.178 e. The summed E-state index contributed by atoms with van der Waals surface area (Å²) in [6.45, 7) is 4.57. The lowest BCUT2D eigenvalue weighted by molar-refractivity contribution is -0.0563. The van der Waals surface area contributed by atoms with Crippen molar-refractivity contribution in [3.05, 3.63) is 24.3 Å². The van der Waals surface area contributed by atoms with Crippen LogP contribution in [-0.4, -0.2) is 51.6 Å². The zero-order valence-corrected chi connectivity index (χ0v) is 16.4. The first-order chi connectivity index (χ1) is 12.5. The van der Waals surface area contributed by atoms with Crippen molar-refractivity contribution in [2.45, 2.75) is 68.0 Å². The van der Waals surface area contributed by atoms with E-state index in [1.807, 2.05) is 12.1 Å². The lowest BCUT2D eigenvalue weighted by Gasteiger charge is -2.38. The molecular formula is C20H30N2O3S. The number of rotatable bonds is 5. The van der Waals surface area contributed by atoms with Gasteiger partial charge >= 0.3 is 0 Å². The number of hydrogen-bond donors (Lipinski definition) is 1. The molecule has 1 aromatic rings. The topological polar surface area (TPSA) is 58.6 Å². The number of nitrogens with one attached hydrogen (secondary N) is 1. The molecule has 0 aromatic heterocycles. The average molecular weight is 379 g/mol. The minimum absolute atomic E-state index is 0.148. The van der Waals surface area contributed by atoms with E-state index < -0.39 is 9.84 Å². The van der Waals surface area contributed by atoms with E-state index in [4.69, 9.17) is 4.74 Å². The molecule has 2 heterocycles. The molecule has 5 nitrogen and oxygen atoms in total. The minimum atomic E-state index is -3.12. The Kier molecular flexibility index (Phi) is 5.01. The average Bonchev–Trinajstić information content (AvgIpc) is 3.07. The van der Waals surface area contributed by atoms with Crippen molar-refractivity contribution in [2.24, 2.45) is 0 Å². The van der Waals surface area contributed by atoms with Crippen molar-refractivity contribution in [1.82, 2.24) is 5.32 Å². The first-order valence-corrected chi connectivity index (χ1v) is 11.6. The summed E-state index contributed by atoms with van der Waals surface area (Å²) in [5, 5.41) is 3.82. The van der Waals surface area contributed by atoms with E-state index in [0.29, 0.717) is 17.0 Å². The summed E-state index contributed by atoms with van der Waals surface area (Å²) in [6, 6.07) is 8.46. The van der Waals surface area contributed by atoms with Crippen molar-refractivity contribution in [1.29, 1.82) is 0 Å². The zero-order valence-electron chi connectivity index (χ0n) is 15.6. The van der Waals surface area contributed by atoms with Gasteiger partial charge in [-0.1, -0.05) is 6.92 Å². The van der Waals surface area contributed by atoms with Crippen LogP contribution in [0.2, 0.25) is 0 Å². The minimum Gasteiger partial charge on any atom is -0.373 e. The van der Waals surface area contributed by atoms with E-state index in [0.717, 1.165) is 38.2 Å². The second-order valence-corrected chi connectivity index (χ2v) is 10.4. The highest BCUT2D eigenvalue weighted by Gasteiger charge is 2.45. The van der Waals surface area contributed by atoms with Crippen LogP contribution in [0.3, 0.4) is 0 Å². The molecule has 144 valence electrons. The molecule has 1 saturated carbocycles. The molecule has 2 aliphatic heterocycles. The summed E-state index contributed by atoms with van der Waals surface area (Å²) in [4.78, 5) is 2.78. The molecule has 1 aliphatic carbocycles. The third-order valence-corrected chi connectivity index (χ3v) is 8.13. The van der Waals surface area contributed by atoms with E-state index in [1.54, 1.807) is 19.1 Å². The maximum absolute atomic E-state index is 11.9. The van der Waals surface area contributed by atoms with Crippen LogP contribution in [0, 0.1) is 0 Å². The second kappa shape index (κ2) is 7.13. The monoisotopic (exact) mass is 378 g/mol. The van der Waals surface area contributed by atoms with Crippen molar-refractivity contribution in [2.75, 3.05) is 30.3 Å². The van der Waals surface area contributed by atoms with Gasteiger partial charge in [0.1, 0.15) is 0 Å². The van der Waals surface area contributed by atoms with Crippen LogP contribution in [0.25, 0.3) is 0 Å². The highest BCUT2D eigenvalue weighted by molar-refractivity contribution is 7.91. The van der Waals surface area contributed by atoms with Crippen molar-refractivity contribution >= 4 is 15.5 Å². The summed E-state index contributed by atoms with van der Waals surface area (Å²) in [5.41, 5.74) is 1.34. The summed E-state index contributed by atoms with van der Waals surface area (Å²) in [6.07, 6.45) is 7.24. The Morgan fingerprint density at radius 3 is 2.38 bits per heavy atom. The number of sulfone groups is 1. The SMILES string of the molecule is CCS(=O)(=O)c1ccc(N2CCC(NC3COC4(CCC4)C3)CC2)cc1. The summed E-state index contributed by atoms with van der Waals surface area (Å²) < 4.78 is 29.9. The molecule has 4 rings (SSSR count). The van der Waals surface area contributed by atoms with Gasteiger partial charge in [0.25, 0.3) is 0 Å². The Morgan fingerprint density at radius 2 is 1.85 bits per heavy atom. The number of anilines is 1. The van der Waals surface area contributed by atoms with E-state index >= 15 is 0 Å². The number of ether oxygens (including phenoxy) is 1. The number of nitrogens with zero attached hydrogens (tertiary/aromatic N) is 1. The molecular weight excluding hydrogens is 348 g/mol. The molecule has 6 heteroatoms. The molecule has 1 spiro atoms. The van der Waals surface area contributed by atoms with Crippen molar-refractivity contribution in [3.63, 3.8) is 0 Å². The Balaban J connectivity index is 1.28. The van der Waals surface area contributed by atoms with Gasteiger partial charge in [0.2, 0.25) is 0 Å². The quantitative estimate of drug-likeness (QED) is 0.854. The molecule has 1 unspecified atom stereocenters. The van der Waals surface area contributed by atoms with E-state index in [-0.39, 0.29) is 11.4 Å². The number of hydrogen-bond acceptors (Lipinski definition) is 5. The van der Waals surface area contributed by atoms with Gasteiger partial charge in [-0.3, -0.25) is 0 Å². The fourth-order valence-corrected chi connectivity index (χ4v) is 5.42. The first kappa shape index (κ1) is 18.3. The molecule has 0 radical (unpaired) electrons. The van der Waals surface area contributed by atoms with Crippen LogP contribution < -0.4 is 10.2 Å². The van der Waals surface area contributed by atoms with Crippen LogP contribution in [-0.2, 0) is 14.6 Å². The Labute approximate surface area is 157 Å². The summed E-state index contributed by atoms with van der Waals surface area (Å²) in [7, 11) is -3.12. The normalized spacial score (nSPS) is 26.2. The Hall–Kier alpha value is -1.11. The van der Waals surface area contributed by atoms with Crippen molar-refractivity contribution < 1.29 is 13.2 Å². The van der Waals surface area contributed by atoms with E-state index in [2.05, 4.69) is 10.2 Å². The maximum atomic E-state index is 11.9. The summed E-state index contributed by atoms with van der Waals surface area (Å²) >= 11 is 0. The van der Waals surface area contributed by atoms with Crippen LogP contribution in [0.5, 0.6) is 0 Å². The number of benzene rings is 1. The van der Waals surface area contributed by atoms with Gasteiger partial charge in [-0.2, -0.15) is 0 Å². The smallest absolute Gasteiger partial charge is 0.178 e. The predicted molar refractivity (Wildman–Crippen MR) is 103 cm³/mol. The van der Waals surface area contributed by atoms with E-state index in [9.17, 15) is 8.42 Å².